The largest absolute Gasteiger partial charge is 0.573 e. The Morgan fingerprint density at radius 2 is 1.56 bits per heavy atom. The van der Waals surface area contributed by atoms with Gasteiger partial charge in [0.05, 0.1) is 22.7 Å². The number of nitrogens with zero attached hydrogens (tertiary/aromatic N) is 2. The van der Waals surface area contributed by atoms with Crippen LogP contribution in [0.1, 0.15) is 46.9 Å². The van der Waals surface area contributed by atoms with Gasteiger partial charge in [-0.2, -0.15) is 0 Å². The molecule has 11 heteroatoms. The number of pyridine rings is 1. The number of halogens is 3. The van der Waals surface area contributed by atoms with Gasteiger partial charge >= 0.3 is 12.3 Å². The minimum atomic E-state index is -4.86. The maximum absolute atomic E-state index is 14.0. The number of ether oxygens (including phenoxy) is 1. The van der Waals surface area contributed by atoms with Gasteiger partial charge in [-0.25, -0.2) is 22.5 Å². The van der Waals surface area contributed by atoms with Crippen LogP contribution in [0.5, 0.6) is 5.75 Å². The van der Waals surface area contributed by atoms with Crippen LogP contribution < -0.4 is 9.04 Å². The van der Waals surface area contributed by atoms with Gasteiger partial charge in [0.15, 0.2) is 0 Å². The first-order valence-electron chi connectivity index (χ1n) is 11.9. The van der Waals surface area contributed by atoms with Gasteiger partial charge in [0.2, 0.25) is 0 Å². The van der Waals surface area contributed by atoms with E-state index >= 15 is 0 Å². The van der Waals surface area contributed by atoms with Crippen molar-refractivity contribution >= 4 is 32.6 Å². The van der Waals surface area contributed by atoms with Crippen molar-refractivity contribution in [3.63, 3.8) is 0 Å². The fourth-order valence-corrected chi connectivity index (χ4v) is 5.69. The highest BCUT2D eigenvalue weighted by Gasteiger charge is 2.32. The van der Waals surface area contributed by atoms with Crippen molar-refractivity contribution in [2.75, 3.05) is 4.31 Å². The average Bonchev–Trinajstić information content (AvgIpc) is 2.88. The molecule has 7 nitrogen and oxygen atoms in total. The third kappa shape index (κ3) is 5.98. The molecule has 4 rings (SSSR count). The van der Waals surface area contributed by atoms with E-state index in [-0.39, 0.29) is 28.7 Å². The van der Waals surface area contributed by atoms with E-state index in [1.165, 1.54) is 36.4 Å². The number of rotatable bonds is 8. The van der Waals surface area contributed by atoms with Crippen LogP contribution in [-0.4, -0.2) is 30.8 Å². The van der Waals surface area contributed by atoms with Crippen molar-refractivity contribution < 1.29 is 36.2 Å². The molecule has 0 amide bonds. The topological polar surface area (TPSA) is 96.8 Å². The second-order valence-corrected chi connectivity index (χ2v) is 11.0. The average molecular weight is 559 g/mol. The molecule has 0 aliphatic rings. The third-order valence-corrected chi connectivity index (χ3v) is 7.87. The Morgan fingerprint density at radius 3 is 2.10 bits per heavy atom. The molecule has 1 heterocycles. The van der Waals surface area contributed by atoms with E-state index < -0.39 is 28.1 Å². The van der Waals surface area contributed by atoms with Gasteiger partial charge in [-0.15, -0.1) is 13.2 Å². The van der Waals surface area contributed by atoms with E-state index in [2.05, 4.69) is 4.74 Å². The van der Waals surface area contributed by atoms with Crippen LogP contribution in [0.4, 0.5) is 19.0 Å². The summed E-state index contributed by atoms with van der Waals surface area (Å²) in [5.74, 6) is -1.53. The van der Waals surface area contributed by atoms with Crippen molar-refractivity contribution in [3.8, 4) is 5.75 Å². The first-order chi connectivity index (χ1) is 18.3. The Bertz CT molecular complexity index is 1620. The molecule has 204 valence electrons. The number of alkyl halides is 3. The number of carbonyl (C=O) groups is 1. The molecule has 0 aliphatic heterocycles. The lowest BCUT2D eigenvalue weighted by Crippen LogP contribution is -2.32. The number of anilines is 1. The van der Waals surface area contributed by atoms with Crippen LogP contribution in [0.15, 0.2) is 77.7 Å². The maximum Gasteiger partial charge on any atom is 0.573 e. The zero-order valence-corrected chi connectivity index (χ0v) is 22.0. The van der Waals surface area contributed by atoms with Crippen molar-refractivity contribution in [1.82, 2.24) is 4.98 Å². The van der Waals surface area contributed by atoms with Gasteiger partial charge in [0, 0.05) is 10.9 Å². The van der Waals surface area contributed by atoms with E-state index in [4.69, 9.17) is 4.98 Å². The number of carboxylic acids is 1. The molecule has 1 aromatic heterocycles. The standard InChI is InChI=1S/C28H25F3N2O5S/c1-17(2)25-24-7-5-4-6-23(24)18(3)26(32-25)33(16-19-8-12-21(13-9-19)38-28(29,30)31)39(36,37)22-14-10-20(11-15-22)27(34)35/h4-15,17H,16H2,1-3H3,(H,34,35). The molecule has 1 N–H and O–H groups in total. The molecule has 39 heavy (non-hydrogen) atoms. The number of aryl methyl sites for hydroxylation is 1. The number of hydrogen-bond acceptors (Lipinski definition) is 5. The molecule has 0 fully saturated rings. The summed E-state index contributed by atoms with van der Waals surface area (Å²) in [7, 11) is -4.30. The molecule has 0 radical (unpaired) electrons. The molecule has 0 aliphatic carbocycles. The summed E-state index contributed by atoms with van der Waals surface area (Å²) in [4.78, 5) is 15.9. The normalized spacial score (nSPS) is 12.1. The molecule has 0 bridgehead atoms. The highest BCUT2D eigenvalue weighted by Crippen LogP contribution is 2.35. The van der Waals surface area contributed by atoms with Crippen molar-refractivity contribution in [2.45, 2.75) is 44.5 Å². The highest BCUT2D eigenvalue weighted by molar-refractivity contribution is 7.92. The SMILES string of the molecule is Cc1c(N(Cc2ccc(OC(F)(F)F)cc2)S(=O)(=O)c2ccc(C(=O)O)cc2)nc(C(C)C)c2ccccc12. The monoisotopic (exact) mass is 558 g/mol. The fourth-order valence-electron chi connectivity index (χ4n) is 4.23. The first kappa shape index (κ1) is 27.9. The lowest BCUT2D eigenvalue weighted by molar-refractivity contribution is -0.274. The van der Waals surface area contributed by atoms with E-state index in [1.54, 1.807) is 6.92 Å². The van der Waals surface area contributed by atoms with Crippen molar-refractivity contribution in [3.05, 3.63) is 95.2 Å². The number of aromatic nitrogens is 1. The smallest absolute Gasteiger partial charge is 0.478 e. The van der Waals surface area contributed by atoms with E-state index in [0.29, 0.717) is 16.8 Å². The number of sulfonamides is 1. The Labute approximate surface area is 223 Å². The van der Waals surface area contributed by atoms with Crippen LogP contribution >= 0.6 is 0 Å². The van der Waals surface area contributed by atoms with Gasteiger partial charge in [0.1, 0.15) is 11.6 Å². The van der Waals surface area contributed by atoms with Gasteiger partial charge < -0.3 is 9.84 Å². The maximum atomic E-state index is 14.0. The lowest BCUT2D eigenvalue weighted by atomic mass is 9.99. The summed E-state index contributed by atoms with van der Waals surface area (Å²) in [5.41, 5.74) is 1.58. The fraction of sp³-hybridized carbons (Fsp3) is 0.214. The highest BCUT2D eigenvalue weighted by atomic mass is 32.2. The summed E-state index contributed by atoms with van der Waals surface area (Å²) in [6.45, 7) is 5.39. The Hall–Kier alpha value is -4.12. The molecular formula is C28H25F3N2O5S. The van der Waals surface area contributed by atoms with Gasteiger partial charge in [0.25, 0.3) is 10.0 Å². The summed E-state index contributed by atoms with van der Waals surface area (Å²) in [6.07, 6.45) is -4.86. The molecule has 0 atom stereocenters. The van der Waals surface area contributed by atoms with E-state index in [1.807, 2.05) is 38.1 Å². The summed E-state index contributed by atoms with van der Waals surface area (Å²) >= 11 is 0. The Balaban J connectivity index is 1.88. The lowest BCUT2D eigenvalue weighted by Gasteiger charge is -2.27. The van der Waals surface area contributed by atoms with Gasteiger partial charge in [-0.1, -0.05) is 50.2 Å². The number of benzene rings is 3. The summed E-state index contributed by atoms with van der Waals surface area (Å²) in [6, 6.07) is 17.2. The number of fused-ring (bicyclic) bond motifs is 1. The zero-order chi connectivity index (χ0) is 28.5. The molecule has 0 saturated carbocycles. The predicted octanol–water partition coefficient (Wildman–Crippen LogP) is 6.66. The molecule has 3 aromatic carbocycles. The Morgan fingerprint density at radius 1 is 0.974 bits per heavy atom. The molecule has 4 aromatic rings. The van der Waals surface area contributed by atoms with Crippen LogP contribution in [0.3, 0.4) is 0 Å². The van der Waals surface area contributed by atoms with E-state index in [0.717, 1.165) is 27.2 Å². The Kier molecular flexibility index (Phi) is 7.56. The van der Waals surface area contributed by atoms with E-state index in [9.17, 15) is 31.5 Å². The molecule has 0 saturated heterocycles. The minimum Gasteiger partial charge on any atom is -0.478 e. The van der Waals surface area contributed by atoms with Crippen molar-refractivity contribution in [2.24, 2.45) is 0 Å². The van der Waals surface area contributed by atoms with Crippen LogP contribution in [-0.2, 0) is 16.6 Å². The van der Waals surface area contributed by atoms with Crippen LogP contribution in [0.2, 0.25) is 0 Å². The number of hydrogen-bond donors (Lipinski definition) is 1. The van der Waals surface area contributed by atoms with Crippen molar-refractivity contribution in [1.29, 1.82) is 0 Å². The first-order valence-corrected chi connectivity index (χ1v) is 13.3. The summed E-state index contributed by atoms with van der Waals surface area (Å²) < 4.78 is 70.9. The van der Waals surface area contributed by atoms with Gasteiger partial charge in [-0.3, -0.25) is 0 Å². The minimum absolute atomic E-state index is 0.0487. The molecule has 0 unspecified atom stereocenters. The number of carboxylic acid groups (broad SMARTS) is 1. The quantitative estimate of drug-likeness (QED) is 0.260. The van der Waals surface area contributed by atoms with Crippen LogP contribution in [0, 0.1) is 6.92 Å². The number of aromatic carboxylic acids is 1. The summed E-state index contributed by atoms with van der Waals surface area (Å²) in [5, 5.41) is 10.9. The second-order valence-electron chi connectivity index (χ2n) is 9.18. The second kappa shape index (κ2) is 10.6. The third-order valence-electron chi connectivity index (χ3n) is 6.12. The molecule has 0 spiro atoms. The van der Waals surface area contributed by atoms with Crippen LogP contribution in [0.25, 0.3) is 10.8 Å². The molecular weight excluding hydrogens is 533 g/mol. The predicted molar refractivity (Wildman–Crippen MR) is 140 cm³/mol. The van der Waals surface area contributed by atoms with Gasteiger partial charge in [-0.05, 0) is 60.2 Å². The zero-order valence-electron chi connectivity index (χ0n) is 21.2.